The van der Waals surface area contributed by atoms with E-state index in [1.54, 1.807) is 42.5 Å². The summed E-state index contributed by atoms with van der Waals surface area (Å²) in [5.74, 6) is 0.252. The lowest BCUT2D eigenvalue weighted by Gasteiger charge is -2.08. The second-order valence-electron chi connectivity index (χ2n) is 4.81. The molecule has 0 radical (unpaired) electrons. The van der Waals surface area contributed by atoms with E-state index >= 15 is 0 Å². The Kier molecular flexibility index (Phi) is 6.97. The average molecular weight is 384 g/mol. The molecule has 0 saturated carbocycles. The number of thioether (sulfide) groups is 1. The second-order valence-corrected chi connectivity index (χ2v) is 6.61. The zero-order valence-corrected chi connectivity index (χ0v) is 15.2. The molecule has 0 heterocycles. The maximum absolute atomic E-state index is 12.0. The quantitative estimate of drug-likeness (QED) is 0.737. The van der Waals surface area contributed by atoms with Crippen LogP contribution in [-0.4, -0.2) is 24.7 Å². The molecule has 1 amide bonds. The third kappa shape index (κ3) is 5.16. The summed E-state index contributed by atoms with van der Waals surface area (Å²) in [6.07, 6.45) is 0. The highest BCUT2D eigenvalue weighted by atomic mass is 35.5. The molecule has 0 aromatic heterocycles. The van der Waals surface area contributed by atoms with Crippen LogP contribution in [0.25, 0.3) is 0 Å². The first-order valence-corrected chi connectivity index (χ1v) is 8.91. The molecule has 0 bridgehead atoms. The van der Waals surface area contributed by atoms with E-state index in [2.05, 4.69) is 10.1 Å². The Labute approximate surface area is 154 Å². The maximum Gasteiger partial charge on any atom is 0.337 e. The molecule has 2 aromatic carbocycles. The molecular formula is C17H15Cl2NO3S. The molecule has 126 valence electrons. The van der Waals surface area contributed by atoms with E-state index in [4.69, 9.17) is 23.2 Å². The molecule has 0 aliphatic heterocycles. The fourth-order valence-electron chi connectivity index (χ4n) is 1.92. The van der Waals surface area contributed by atoms with Gasteiger partial charge >= 0.3 is 5.97 Å². The zero-order chi connectivity index (χ0) is 17.5. The lowest BCUT2D eigenvalue weighted by Crippen LogP contribution is -2.14. The van der Waals surface area contributed by atoms with Gasteiger partial charge in [-0.3, -0.25) is 4.79 Å². The lowest BCUT2D eigenvalue weighted by atomic mass is 10.2. The number of hydrogen-bond acceptors (Lipinski definition) is 4. The van der Waals surface area contributed by atoms with Gasteiger partial charge in [-0.05, 0) is 42.0 Å². The van der Waals surface area contributed by atoms with Gasteiger partial charge in [-0.25, -0.2) is 4.79 Å². The minimum atomic E-state index is -0.417. The van der Waals surface area contributed by atoms with Crippen molar-refractivity contribution in [2.24, 2.45) is 0 Å². The van der Waals surface area contributed by atoms with Gasteiger partial charge in [0.2, 0.25) is 5.91 Å². The number of amides is 1. The van der Waals surface area contributed by atoms with Gasteiger partial charge in [-0.2, -0.15) is 0 Å². The lowest BCUT2D eigenvalue weighted by molar-refractivity contribution is -0.113. The summed E-state index contributed by atoms with van der Waals surface area (Å²) in [4.78, 5) is 23.3. The largest absolute Gasteiger partial charge is 0.465 e. The van der Waals surface area contributed by atoms with Crippen LogP contribution in [0.2, 0.25) is 10.0 Å². The van der Waals surface area contributed by atoms with E-state index in [9.17, 15) is 9.59 Å². The summed E-state index contributed by atoms with van der Waals surface area (Å²) >= 11 is 13.6. The van der Waals surface area contributed by atoms with Gasteiger partial charge in [0.25, 0.3) is 0 Å². The first-order valence-electron chi connectivity index (χ1n) is 7.00. The molecule has 1 N–H and O–H groups in total. The normalized spacial score (nSPS) is 10.3. The van der Waals surface area contributed by atoms with E-state index in [1.165, 1.54) is 18.9 Å². The smallest absolute Gasteiger partial charge is 0.337 e. The topological polar surface area (TPSA) is 55.4 Å². The minimum Gasteiger partial charge on any atom is -0.465 e. The number of esters is 1. The molecule has 0 fully saturated rings. The number of halogens is 2. The molecule has 4 nitrogen and oxygen atoms in total. The van der Waals surface area contributed by atoms with Gasteiger partial charge in [-0.15, -0.1) is 11.8 Å². The number of methoxy groups -OCH3 is 1. The van der Waals surface area contributed by atoms with E-state index < -0.39 is 5.97 Å². The summed E-state index contributed by atoms with van der Waals surface area (Å²) in [6.45, 7) is 0. The van der Waals surface area contributed by atoms with Gasteiger partial charge in [0, 0.05) is 21.5 Å². The zero-order valence-electron chi connectivity index (χ0n) is 12.8. The summed E-state index contributed by atoms with van der Waals surface area (Å²) < 4.78 is 4.62. The first kappa shape index (κ1) is 18.6. The highest BCUT2D eigenvalue weighted by Crippen LogP contribution is 2.28. The number of benzene rings is 2. The third-order valence-electron chi connectivity index (χ3n) is 3.13. The van der Waals surface area contributed by atoms with Crippen molar-refractivity contribution in [1.29, 1.82) is 0 Å². The fraction of sp³-hybridized carbons (Fsp3) is 0.176. The van der Waals surface area contributed by atoms with Gasteiger partial charge in [-0.1, -0.05) is 29.3 Å². The van der Waals surface area contributed by atoms with Crippen LogP contribution in [0.15, 0.2) is 42.5 Å². The summed E-state index contributed by atoms with van der Waals surface area (Å²) in [5, 5.41) is 3.95. The summed E-state index contributed by atoms with van der Waals surface area (Å²) in [6, 6.07) is 11.8. The summed E-state index contributed by atoms with van der Waals surface area (Å²) in [5.41, 5.74) is 1.86. The Morgan fingerprint density at radius 3 is 2.29 bits per heavy atom. The van der Waals surface area contributed by atoms with Crippen molar-refractivity contribution in [3.63, 3.8) is 0 Å². The van der Waals surface area contributed by atoms with Crippen molar-refractivity contribution in [2.75, 3.05) is 18.2 Å². The van der Waals surface area contributed by atoms with Crippen molar-refractivity contribution in [3.05, 3.63) is 63.6 Å². The van der Waals surface area contributed by atoms with Crippen LogP contribution < -0.4 is 5.32 Å². The van der Waals surface area contributed by atoms with Crippen molar-refractivity contribution in [1.82, 2.24) is 0 Å². The van der Waals surface area contributed by atoms with Crippen LogP contribution in [0.3, 0.4) is 0 Å². The minimum absolute atomic E-state index is 0.144. The van der Waals surface area contributed by atoms with Gasteiger partial charge in [0.05, 0.1) is 18.4 Å². The molecule has 0 saturated heterocycles. The Balaban J connectivity index is 1.84. The van der Waals surface area contributed by atoms with Crippen molar-refractivity contribution in [3.8, 4) is 0 Å². The van der Waals surface area contributed by atoms with E-state index in [1.807, 2.05) is 0 Å². The summed E-state index contributed by atoms with van der Waals surface area (Å²) in [7, 11) is 1.32. The molecule has 2 rings (SSSR count). The van der Waals surface area contributed by atoms with Crippen LogP contribution in [0.4, 0.5) is 5.69 Å². The average Bonchev–Trinajstić information content (AvgIpc) is 2.57. The van der Waals surface area contributed by atoms with Crippen LogP contribution in [0.1, 0.15) is 15.9 Å². The van der Waals surface area contributed by atoms with Crippen LogP contribution in [0, 0.1) is 0 Å². The van der Waals surface area contributed by atoms with Gasteiger partial charge in [0.1, 0.15) is 0 Å². The number of carbonyl (C=O) groups excluding carboxylic acids is 2. The van der Waals surface area contributed by atoms with Crippen LogP contribution >= 0.6 is 35.0 Å². The Morgan fingerprint density at radius 1 is 1.08 bits per heavy atom. The highest BCUT2D eigenvalue weighted by molar-refractivity contribution is 7.99. The van der Waals surface area contributed by atoms with Crippen LogP contribution in [0.5, 0.6) is 0 Å². The number of ether oxygens (including phenoxy) is 1. The Hall–Kier alpha value is -1.69. The Morgan fingerprint density at radius 2 is 1.71 bits per heavy atom. The molecular weight excluding hydrogens is 369 g/mol. The molecule has 0 spiro atoms. The monoisotopic (exact) mass is 383 g/mol. The third-order valence-corrected chi connectivity index (χ3v) is 4.80. The molecule has 0 aliphatic rings. The second kappa shape index (κ2) is 8.97. The van der Waals surface area contributed by atoms with Gasteiger partial charge < -0.3 is 10.1 Å². The van der Waals surface area contributed by atoms with Crippen molar-refractivity contribution < 1.29 is 14.3 Å². The fourth-order valence-corrected chi connectivity index (χ4v) is 3.48. The predicted octanol–water partition coefficient (Wildman–Crippen LogP) is 4.65. The standard InChI is InChI=1S/C17H15Cl2NO3S/c1-23-17(22)11-5-7-12(8-6-11)20-16(21)10-24-9-13-14(18)3-2-4-15(13)19/h2-8H,9-10H2,1H3,(H,20,21). The van der Waals surface area contributed by atoms with E-state index in [0.29, 0.717) is 27.0 Å². The van der Waals surface area contributed by atoms with Crippen LogP contribution in [-0.2, 0) is 15.3 Å². The Bertz CT molecular complexity index is 715. The number of nitrogens with one attached hydrogen (secondary N) is 1. The predicted molar refractivity (Wildman–Crippen MR) is 99.0 cm³/mol. The number of hydrogen-bond donors (Lipinski definition) is 1. The van der Waals surface area contributed by atoms with Gasteiger partial charge in [0.15, 0.2) is 0 Å². The molecule has 0 aliphatic carbocycles. The highest BCUT2D eigenvalue weighted by Gasteiger charge is 2.09. The molecule has 7 heteroatoms. The maximum atomic E-state index is 12.0. The molecule has 2 aromatic rings. The van der Waals surface area contributed by atoms with Crippen molar-refractivity contribution in [2.45, 2.75) is 5.75 Å². The first-order chi connectivity index (χ1) is 11.5. The van der Waals surface area contributed by atoms with E-state index in [-0.39, 0.29) is 11.7 Å². The van der Waals surface area contributed by atoms with E-state index in [0.717, 1.165) is 5.56 Å². The van der Waals surface area contributed by atoms with Crippen molar-refractivity contribution >= 4 is 52.5 Å². The molecule has 0 unspecified atom stereocenters. The number of anilines is 1. The number of rotatable bonds is 6. The molecule has 0 atom stereocenters. The SMILES string of the molecule is COC(=O)c1ccc(NC(=O)CSCc2c(Cl)cccc2Cl)cc1. The molecule has 24 heavy (non-hydrogen) atoms. The number of carbonyl (C=O) groups is 2.